The molecule has 0 aliphatic carbocycles. The molecule has 7 heteroatoms. The topological polar surface area (TPSA) is 43.8 Å². The van der Waals surface area contributed by atoms with Crippen LogP contribution >= 0.6 is 0 Å². The van der Waals surface area contributed by atoms with Crippen LogP contribution in [-0.2, 0) is 12.7 Å². The van der Waals surface area contributed by atoms with Crippen LogP contribution in [0.4, 0.5) is 23.2 Å². The van der Waals surface area contributed by atoms with E-state index in [0.29, 0.717) is 5.56 Å². The highest BCUT2D eigenvalue weighted by Gasteiger charge is 2.33. The molecule has 0 atom stereocenters. The van der Waals surface area contributed by atoms with E-state index in [-0.39, 0.29) is 12.2 Å². The molecule has 1 aromatic carbocycles. The molecule has 0 fully saturated rings. The molecule has 0 spiro atoms. The van der Waals surface area contributed by atoms with Crippen molar-refractivity contribution in [2.24, 2.45) is 0 Å². The van der Waals surface area contributed by atoms with Gasteiger partial charge in [0.15, 0.2) is 5.69 Å². The van der Waals surface area contributed by atoms with E-state index in [9.17, 15) is 17.6 Å². The molecule has 3 nitrogen and oxygen atoms in total. The van der Waals surface area contributed by atoms with Gasteiger partial charge in [-0.2, -0.15) is 18.3 Å². The lowest BCUT2D eigenvalue weighted by Gasteiger charge is -2.06. The normalized spacial score (nSPS) is 11.8. The second-order valence-electron chi connectivity index (χ2n) is 3.74. The molecule has 0 radical (unpaired) electrons. The van der Waals surface area contributed by atoms with Crippen LogP contribution in [0.15, 0.2) is 30.5 Å². The minimum absolute atomic E-state index is 0.0577. The third-order valence-electron chi connectivity index (χ3n) is 2.37. The molecule has 1 heterocycles. The van der Waals surface area contributed by atoms with Gasteiger partial charge in [0.05, 0.1) is 6.54 Å². The van der Waals surface area contributed by atoms with Crippen LogP contribution in [-0.4, -0.2) is 9.78 Å². The van der Waals surface area contributed by atoms with Crippen LogP contribution in [0.2, 0.25) is 0 Å². The van der Waals surface area contributed by atoms with E-state index in [0.717, 1.165) is 16.8 Å². The third-order valence-corrected chi connectivity index (χ3v) is 2.37. The van der Waals surface area contributed by atoms with E-state index in [1.807, 2.05) is 0 Å². The maximum Gasteiger partial charge on any atom is 0.435 e. The standard InChI is InChI=1S/C11H9F4N3/c12-8-2-1-7(9(16)5-8)6-18-4-3-10(17-18)11(13,14)15/h1-5H,6,16H2. The summed E-state index contributed by atoms with van der Waals surface area (Å²) in [5, 5.41) is 3.38. The van der Waals surface area contributed by atoms with E-state index >= 15 is 0 Å². The van der Waals surface area contributed by atoms with Gasteiger partial charge in [0, 0.05) is 11.9 Å². The van der Waals surface area contributed by atoms with E-state index in [4.69, 9.17) is 5.73 Å². The monoisotopic (exact) mass is 259 g/mol. The van der Waals surface area contributed by atoms with Crippen molar-refractivity contribution in [2.45, 2.75) is 12.7 Å². The molecule has 2 aromatic rings. The van der Waals surface area contributed by atoms with Crippen LogP contribution in [0.25, 0.3) is 0 Å². The maximum atomic E-state index is 12.8. The van der Waals surface area contributed by atoms with E-state index in [1.165, 1.54) is 18.3 Å². The molecule has 1 aromatic heterocycles. The van der Waals surface area contributed by atoms with Gasteiger partial charge in [-0.1, -0.05) is 6.07 Å². The van der Waals surface area contributed by atoms with Gasteiger partial charge in [-0.3, -0.25) is 4.68 Å². The minimum atomic E-state index is -4.47. The Hall–Kier alpha value is -2.05. The van der Waals surface area contributed by atoms with Crippen LogP contribution in [0.1, 0.15) is 11.3 Å². The zero-order chi connectivity index (χ0) is 13.3. The van der Waals surface area contributed by atoms with Crippen molar-refractivity contribution >= 4 is 5.69 Å². The van der Waals surface area contributed by atoms with Crippen LogP contribution in [0.3, 0.4) is 0 Å². The van der Waals surface area contributed by atoms with Crippen molar-refractivity contribution in [3.05, 3.63) is 47.5 Å². The highest BCUT2D eigenvalue weighted by molar-refractivity contribution is 5.46. The first-order chi connectivity index (χ1) is 8.36. The fraction of sp³-hybridized carbons (Fsp3) is 0.182. The Morgan fingerprint density at radius 3 is 2.50 bits per heavy atom. The summed E-state index contributed by atoms with van der Waals surface area (Å²) in [4.78, 5) is 0. The highest BCUT2D eigenvalue weighted by atomic mass is 19.4. The van der Waals surface area contributed by atoms with Gasteiger partial charge in [-0.15, -0.1) is 0 Å². The first-order valence-corrected chi connectivity index (χ1v) is 5.01. The lowest BCUT2D eigenvalue weighted by atomic mass is 10.2. The summed E-state index contributed by atoms with van der Waals surface area (Å²) in [6.07, 6.45) is -3.27. The molecule has 0 bridgehead atoms. The number of nitrogen functional groups attached to an aromatic ring is 1. The number of hydrogen-bond acceptors (Lipinski definition) is 2. The summed E-state index contributed by atoms with van der Waals surface area (Å²) in [6, 6.07) is 4.60. The number of aromatic nitrogens is 2. The van der Waals surface area contributed by atoms with Crippen molar-refractivity contribution in [1.29, 1.82) is 0 Å². The number of rotatable bonds is 2. The van der Waals surface area contributed by atoms with Crippen molar-refractivity contribution in [2.75, 3.05) is 5.73 Å². The molecule has 0 saturated heterocycles. The van der Waals surface area contributed by atoms with Gasteiger partial charge >= 0.3 is 6.18 Å². The lowest BCUT2D eigenvalue weighted by Crippen LogP contribution is -2.09. The summed E-state index contributed by atoms with van der Waals surface area (Å²) in [6.45, 7) is 0.0577. The Morgan fingerprint density at radius 2 is 1.94 bits per heavy atom. The van der Waals surface area contributed by atoms with Crippen LogP contribution in [0.5, 0.6) is 0 Å². The van der Waals surface area contributed by atoms with E-state index < -0.39 is 17.7 Å². The number of nitrogens with two attached hydrogens (primary N) is 1. The van der Waals surface area contributed by atoms with Crippen molar-refractivity contribution in [3.8, 4) is 0 Å². The van der Waals surface area contributed by atoms with Gasteiger partial charge in [-0.05, 0) is 23.8 Å². The Kier molecular flexibility index (Phi) is 2.98. The second-order valence-corrected chi connectivity index (χ2v) is 3.74. The molecule has 18 heavy (non-hydrogen) atoms. The van der Waals surface area contributed by atoms with Gasteiger partial charge in [0.1, 0.15) is 5.82 Å². The fourth-order valence-electron chi connectivity index (χ4n) is 1.49. The number of alkyl halides is 3. The lowest BCUT2D eigenvalue weighted by molar-refractivity contribution is -0.141. The first kappa shape index (κ1) is 12.4. The molecule has 0 unspecified atom stereocenters. The Labute approximate surface area is 99.8 Å². The quantitative estimate of drug-likeness (QED) is 0.665. The Bertz CT molecular complexity index is 560. The molecule has 0 amide bonds. The Balaban J connectivity index is 2.21. The van der Waals surface area contributed by atoms with Gasteiger partial charge in [0.25, 0.3) is 0 Å². The largest absolute Gasteiger partial charge is 0.435 e. The molecule has 0 saturated carbocycles. The maximum absolute atomic E-state index is 12.8. The molecule has 96 valence electrons. The summed E-state index contributed by atoms with van der Waals surface area (Å²) in [5.74, 6) is -0.493. The minimum Gasteiger partial charge on any atom is -0.398 e. The summed E-state index contributed by atoms with van der Waals surface area (Å²) in [5.41, 5.74) is 5.28. The van der Waals surface area contributed by atoms with Crippen LogP contribution in [0, 0.1) is 5.82 Å². The third kappa shape index (κ3) is 2.61. The van der Waals surface area contributed by atoms with Gasteiger partial charge < -0.3 is 5.73 Å². The van der Waals surface area contributed by atoms with Crippen molar-refractivity contribution in [1.82, 2.24) is 9.78 Å². The molecule has 0 aliphatic heterocycles. The SMILES string of the molecule is Nc1cc(F)ccc1Cn1ccc(C(F)(F)F)n1. The smallest absolute Gasteiger partial charge is 0.398 e. The zero-order valence-corrected chi connectivity index (χ0v) is 9.08. The summed E-state index contributed by atoms with van der Waals surface area (Å²) in [7, 11) is 0. The van der Waals surface area contributed by atoms with Crippen LogP contribution < -0.4 is 5.73 Å². The predicted octanol–water partition coefficient (Wildman–Crippen LogP) is 2.67. The number of nitrogens with zero attached hydrogens (tertiary/aromatic N) is 2. The average molecular weight is 259 g/mol. The van der Waals surface area contributed by atoms with Crippen molar-refractivity contribution < 1.29 is 17.6 Å². The number of anilines is 1. The molecule has 2 rings (SSSR count). The predicted molar refractivity (Wildman–Crippen MR) is 57.1 cm³/mol. The summed E-state index contributed by atoms with van der Waals surface area (Å²) >= 11 is 0. The Morgan fingerprint density at radius 1 is 1.22 bits per heavy atom. The first-order valence-electron chi connectivity index (χ1n) is 5.01. The highest BCUT2D eigenvalue weighted by Crippen LogP contribution is 2.27. The van der Waals surface area contributed by atoms with Gasteiger partial charge in [-0.25, -0.2) is 4.39 Å². The molecular formula is C11H9F4N3. The number of hydrogen-bond donors (Lipinski definition) is 1. The number of benzene rings is 1. The molecule has 2 N–H and O–H groups in total. The molecular weight excluding hydrogens is 250 g/mol. The zero-order valence-electron chi connectivity index (χ0n) is 9.08. The number of halogens is 4. The van der Waals surface area contributed by atoms with Crippen molar-refractivity contribution in [3.63, 3.8) is 0 Å². The van der Waals surface area contributed by atoms with E-state index in [2.05, 4.69) is 5.10 Å². The van der Waals surface area contributed by atoms with E-state index in [1.54, 1.807) is 0 Å². The van der Waals surface area contributed by atoms with Gasteiger partial charge in [0.2, 0.25) is 0 Å². The fourth-order valence-corrected chi connectivity index (χ4v) is 1.49. The average Bonchev–Trinajstić information content (AvgIpc) is 2.70. The summed E-state index contributed by atoms with van der Waals surface area (Å²) < 4.78 is 50.9. The molecule has 0 aliphatic rings. The second kappa shape index (κ2) is 4.32.